The Morgan fingerprint density at radius 3 is 2.78 bits per heavy atom. The van der Waals surface area contributed by atoms with Crippen molar-refractivity contribution in [2.24, 2.45) is 0 Å². The van der Waals surface area contributed by atoms with Crippen LogP contribution in [0.3, 0.4) is 0 Å². The third kappa shape index (κ3) is 2.32. The van der Waals surface area contributed by atoms with Gasteiger partial charge in [-0.15, -0.1) is 0 Å². The van der Waals surface area contributed by atoms with E-state index in [0.29, 0.717) is 29.2 Å². The molecule has 0 bridgehead atoms. The summed E-state index contributed by atoms with van der Waals surface area (Å²) in [7, 11) is 1.93. The summed E-state index contributed by atoms with van der Waals surface area (Å²) in [5.41, 5.74) is 7.53. The van der Waals surface area contributed by atoms with Gasteiger partial charge in [-0.3, -0.25) is 4.90 Å². The number of hydrogen-bond donors (Lipinski definition) is 2. The second kappa shape index (κ2) is 4.59. The van der Waals surface area contributed by atoms with Crippen LogP contribution in [0.25, 0.3) is 11.1 Å². The standard InChI is InChI=1S/C13H19N3O2/c1-13(2,8-17)16(3)7-11-15-12-9(14)5-4-6-10(12)18-11/h4-6,17H,7-8,14H2,1-3H3. The summed E-state index contributed by atoms with van der Waals surface area (Å²) in [5.74, 6) is 0.604. The van der Waals surface area contributed by atoms with Crippen LogP contribution in [0.1, 0.15) is 19.7 Å². The highest BCUT2D eigenvalue weighted by Crippen LogP contribution is 2.23. The molecule has 0 saturated carbocycles. The Labute approximate surface area is 106 Å². The lowest BCUT2D eigenvalue weighted by atomic mass is 10.1. The van der Waals surface area contributed by atoms with E-state index in [1.54, 1.807) is 6.07 Å². The van der Waals surface area contributed by atoms with Crippen LogP contribution >= 0.6 is 0 Å². The Balaban J connectivity index is 2.25. The lowest BCUT2D eigenvalue weighted by molar-refractivity contribution is 0.0673. The van der Waals surface area contributed by atoms with E-state index < -0.39 is 0 Å². The summed E-state index contributed by atoms with van der Waals surface area (Å²) >= 11 is 0. The summed E-state index contributed by atoms with van der Waals surface area (Å²) in [5, 5.41) is 9.31. The molecule has 0 unspecified atom stereocenters. The molecule has 1 heterocycles. The van der Waals surface area contributed by atoms with Crippen molar-refractivity contribution in [1.82, 2.24) is 9.88 Å². The Kier molecular flexibility index (Phi) is 3.28. The van der Waals surface area contributed by atoms with Gasteiger partial charge >= 0.3 is 0 Å². The predicted molar refractivity (Wildman–Crippen MR) is 71.1 cm³/mol. The average Bonchev–Trinajstić information content (AvgIpc) is 2.73. The number of para-hydroxylation sites is 1. The zero-order valence-corrected chi connectivity index (χ0v) is 11.0. The molecule has 0 aliphatic carbocycles. The van der Waals surface area contributed by atoms with E-state index in [2.05, 4.69) is 4.98 Å². The smallest absolute Gasteiger partial charge is 0.209 e. The van der Waals surface area contributed by atoms with Gasteiger partial charge in [-0.05, 0) is 33.0 Å². The Morgan fingerprint density at radius 2 is 2.17 bits per heavy atom. The molecule has 5 nitrogen and oxygen atoms in total. The average molecular weight is 249 g/mol. The molecule has 0 saturated heterocycles. The first kappa shape index (κ1) is 12.9. The van der Waals surface area contributed by atoms with Gasteiger partial charge in [-0.2, -0.15) is 0 Å². The largest absolute Gasteiger partial charge is 0.439 e. The number of rotatable bonds is 4. The number of anilines is 1. The number of benzene rings is 1. The van der Waals surface area contributed by atoms with Crippen LogP contribution in [0.4, 0.5) is 5.69 Å². The van der Waals surface area contributed by atoms with Gasteiger partial charge in [0.05, 0.1) is 18.8 Å². The maximum atomic E-state index is 9.31. The third-order valence-corrected chi connectivity index (χ3v) is 3.29. The van der Waals surface area contributed by atoms with E-state index in [4.69, 9.17) is 10.2 Å². The van der Waals surface area contributed by atoms with Crippen molar-refractivity contribution < 1.29 is 9.52 Å². The minimum absolute atomic E-state index is 0.0753. The van der Waals surface area contributed by atoms with Crippen molar-refractivity contribution in [3.8, 4) is 0 Å². The number of aliphatic hydroxyl groups excluding tert-OH is 1. The highest BCUT2D eigenvalue weighted by Gasteiger charge is 2.24. The fourth-order valence-corrected chi connectivity index (χ4v) is 1.62. The highest BCUT2D eigenvalue weighted by molar-refractivity contribution is 5.85. The molecule has 0 radical (unpaired) electrons. The number of nitrogens with two attached hydrogens (primary N) is 1. The molecule has 0 spiro atoms. The highest BCUT2D eigenvalue weighted by atomic mass is 16.3. The summed E-state index contributed by atoms with van der Waals surface area (Å²) in [4.78, 5) is 6.38. The molecule has 0 amide bonds. The summed E-state index contributed by atoms with van der Waals surface area (Å²) in [6, 6.07) is 5.49. The number of oxazole rings is 1. The molecular formula is C13H19N3O2. The maximum Gasteiger partial charge on any atom is 0.209 e. The predicted octanol–water partition coefficient (Wildman–Crippen LogP) is 1.61. The number of hydrogen-bond acceptors (Lipinski definition) is 5. The number of fused-ring (bicyclic) bond motifs is 1. The van der Waals surface area contributed by atoms with Gasteiger partial charge in [0.15, 0.2) is 5.58 Å². The first-order valence-electron chi connectivity index (χ1n) is 5.90. The molecule has 3 N–H and O–H groups in total. The van der Waals surface area contributed by atoms with Crippen molar-refractivity contribution in [2.75, 3.05) is 19.4 Å². The lowest BCUT2D eigenvalue weighted by Crippen LogP contribution is -2.43. The summed E-state index contributed by atoms with van der Waals surface area (Å²) < 4.78 is 5.64. The van der Waals surface area contributed by atoms with Crippen LogP contribution in [0.5, 0.6) is 0 Å². The maximum absolute atomic E-state index is 9.31. The molecule has 1 aromatic heterocycles. The van der Waals surface area contributed by atoms with Crippen LogP contribution in [-0.4, -0.2) is 34.2 Å². The first-order valence-corrected chi connectivity index (χ1v) is 5.90. The third-order valence-electron chi connectivity index (χ3n) is 3.29. The molecule has 0 fully saturated rings. The van der Waals surface area contributed by atoms with Gasteiger partial charge in [-0.1, -0.05) is 6.07 Å². The van der Waals surface area contributed by atoms with E-state index in [0.717, 1.165) is 0 Å². The molecule has 2 rings (SSSR count). The van der Waals surface area contributed by atoms with Gasteiger partial charge in [-0.25, -0.2) is 4.98 Å². The van der Waals surface area contributed by atoms with Crippen molar-refractivity contribution in [3.05, 3.63) is 24.1 Å². The topological polar surface area (TPSA) is 75.5 Å². The van der Waals surface area contributed by atoms with E-state index >= 15 is 0 Å². The van der Waals surface area contributed by atoms with E-state index in [1.165, 1.54) is 0 Å². The minimum Gasteiger partial charge on any atom is -0.439 e. The molecule has 18 heavy (non-hydrogen) atoms. The molecule has 98 valence electrons. The van der Waals surface area contributed by atoms with Crippen molar-refractivity contribution in [3.63, 3.8) is 0 Å². The van der Waals surface area contributed by atoms with E-state index in [9.17, 15) is 5.11 Å². The molecular weight excluding hydrogens is 230 g/mol. The van der Waals surface area contributed by atoms with Crippen LogP contribution in [0.2, 0.25) is 0 Å². The summed E-state index contributed by atoms with van der Waals surface area (Å²) in [6.07, 6.45) is 0. The van der Waals surface area contributed by atoms with Gasteiger partial charge in [0, 0.05) is 5.54 Å². The van der Waals surface area contributed by atoms with Crippen molar-refractivity contribution >= 4 is 16.8 Å². The molecule has 0 atom stereocenters. The van der Waals surface area contributed by atoms with Crippen molar-refractivity contribution in [1.29, 1.82) is 0 Å². The fourth-order valence-electron chi connectivity index (χ4n) is 1.62. The van der Waals surface area contributed by atoms with Crippen LogP contribution in [0.15, 0.2) is 22.6 Å². The van der Waals surface area contributed by atoms with Crippen molar-refractivity contribution in [2.45, 2.75) is 25.9 Å². The minimum atomic E-state index is -0.313. The first-order chi connectivity index (χ1) is 8.44. The van der Waals surface area contributed by atoms with Gasteiger partial charge in [0.25, 0.3) is 0 Å². The van der Waals surface area contributed by atoms with E-state index in [1.807, 2.05) is 37.9 Å². The zero-order chi connectivity index (χ0) is 13.3. The number of aromatic nitrogens is 1. The normalized spacial score (nSPS) is 12.5. The monoisotopic (exact) mass is 249 g/mol. The SMILES string of the molecule is CN(Cc1nc2c(N)cccc2o1)C(C)(C)CO. The number of aliphatic hydroxyl groups is 1. The number of nitrogens with zero attached hydrogens (tertiary/aromatic N) is 2. The van der Waals surface area contributed by atoms with Crippen LogP contribution in [0, 0.1) is 0 Å². The van der Waals surface area contributed by atoms with Gasteiger partial charge in [0.1, 0.15) is 5.52 Å². The molecule has 0 aliphatic rings. The number of likely N-dealkylation sites (N-methyl/N-ethyl adjacent to an activating group) is 1. The molecule has 5 heteroatoms. The van der Waals surface area contributed by atoms with Gasteiger partial charge in [0.2, 0.25) is 5.89 Å². The van der Waals surface area contributed by atoms with Crippen LogP contribution in [-0.2, 0) is 6.54 Å². The second-order valence-electron chi connectivity index (χ2n) is 5.13. The Bertz CT molecular complexity index is 548. The Hall–Kier alpha value is -1.59. The quantitative estimate of drug-likeness (QED) is 0.805. The Morgan fingerprint density at radius 1 is 1.44 bits per heavy atom. The fraction of sp³-hybridized carbons (Fsp3) is 0.462. The molecule has 1 aromatic carbocycles. The van der Waals surface area contributed by atoms with Gasteiger partial charge < -0.3 is 15.3 Å². The molecule has 0 aliphatic heterocycles. The van der Waals surface area contributed by atoms with E-state index in [-0.39, 0.29) is 12.1 Å². The number of nitrogen functional groups attached to an aromatic ring is 1. The van der Waals surface area contributed by atoms with Crippen LogP contribution < -0.4 is 5.73 Å². The molecule has 2 aromatic rings. The second-order valence-corrected chi connectivity index (χ2v) is 5.13. The summed E-state index contributed by atoms with van der Waals surface area (Å²) in [6.45, 7) is 4.53. The lowest BCUT2D eigenvalue weighted by Gasteiger charge is -2.32. The zero-order valence-electron chi connectivity index (χ0n) is 11.0.